The average molecular weight is 170 g/mol. The molecule has 1 aliphatic rings. The zero-order chi connectivity index (χ0) is 9.19. The van der Waals surface area contributed by atoms with Gasteiger partial charge >= 0.3 is 5.97 Å². The Balaban J connectivity index is 2.49. The molecule has 0 saturated carbocycles. The minimum atomic E-state index is -0.416. The highest BCUT2D eigenvalue weighted by atomic mass is 16.6. The Hall–Kier alpha value is -0.830. The van der Waals surface area contributed by atoms with Crippen LogP contribution in [0.4, 0.5) is 0 Å². The van der Waals surface area contributed by atoms with Crippen molar-refractivity contribution in [1.82, 2.24) is 0 Å². The lowest BCUT2D eigenvalue weighted by atomic mass is 10.2. The highest BCUT2D eigenvalue weighted by Crippen LogP contribution is 2.13. The first-order valence-corrected chi connectivity index (χ1v) is 3.99. The van der Waals surface area contributed by atoms with Crippen LogP contribution in [0.25, 0.3) is 0 Å². The van der Waals surface area contributed by atoms with E-state index in [1.807, 2.05) is 20.8 Å². The van der Waals surface area contributed by atoms with Crippen LogP contribution in [-0.2, 0) is 14.3 Å². The van der Waals surface area contributed by atoms with Gasteiger partial charge in [0.1, 0.15) is 5.60 Å². The summed E-state index contributed by atoms with van der Waals surface area (Å²) in [5.41, 5.74) is 0.213. The predicted molar refractivity (Wildman–Crippen MR) is 44.7 cm³/mol. The summed E-state index contributed by atoms with van der Waals surface area (Å²) in [5.74, 6) is -0.264. The van der Waals surface area contributed by atoms with E-state index in [1.54, 1.807) is 6.08 Å². The number of carbonyl (C=O) groups is 1. The fraction of sp³-hybridized carbons (Fsp3) is 0.667. The summed E-state index contributed by atoms with van der Waals surface area (Å²) in [6, 6.07) is 0. The summed E-state index contributed by atoms with van der Waals surface area (Å²) in [7, 11) is 0. The second-order valence-corrected chi connectivity index (χ2v) is 3.75. The summed E-state index contributed by atoms with van der Waals surface area (Å²) in [5, 5.41) is 0. The molecule has 0 aromatic rings. The van der Waals surface area contributed by atoms with Gasteiger partial charge in [-0.25, -0.2) is 4.79 Å². The first kappa shape index (κ1) is 9.26. The van der Waals surface area contributed by atoms with Crippen molar-refractivity contribution in [3.63, 3.8) is 0 Å². The topological polar surface area (TPSA) is 35.5 Å². The molecule has 0 atom stereocenters. The van der Waals surface area contributed by atoms with E-state index in [1.165, 1.54) is 0 Å². The maximum absolute atomic E-state index is 11.3. The molecule has 0 aromatic heterocycles. The van der Waals surface area contributed by atoms with Crippen LogP contribution in [0.15, 0.2) is 11.6 Å². The van der Waals surface area contributed by atoms with Crippen LogP contribution in [0.3, 0.4) is 0 Å². The van der Waals surface area contributed by atoms with Gasteiger partial charge in [-0.3, -0.25) is 0 Å². The first-order chi connectivity index (χ1) is 5.49. The predicted octanol–water partition coefficient (Wildman–Crippen LogP) is 1.28. The van der Waals surface area contributed by atoms with E-state index in [4.69, 9.17) is 9.47 Å². The molecular formula is C9H14O3. The molecule has 0 spiro atoms. The minimum absolute atomic E-state index is 0.264. The monoisotopic (exact) mass is 170 g/mol. The normalized spacial score (nSPS) is 17.4. The molecule has 0 aromatic carbocycles. The third-order valence-electron chi connectivity index (χ3n) is 1.37. The Labute approximate surface area is 72.4 Å². The van der Waals surface area contributed by atoms with Crippen molar-refractivity contribution < 1.29 is 14.3 Å². The Morgan fingerprint density at radius 3 is 2.67 bits per heavy atom. The van der Waals surface area contributed by atoms with Crippen LogP contribution < -0.4 is 0 Å². The van der Waals surface area contributed by atoms with Crippen molar-refractivity contribution in [2.75, 3.05) is 13.2 Å². The van der Waals surface area contributed by atoms with E-state index in [0.29, 0.717) is 18.8 Å². The lowest BCUT2D eigenvalue weighted by Crippen LogP contribution is -2.25. The van der Waals surface area contributed by atoms with Crippen LogP contribution in [0.2, 0.25) is 0 Å². The van der Waals surface area contributed by atoms with E-state index in [0.717, 1.165) is 0 Å². The molecule has 1 rings (SSSR count). The van der Waals surface area contributed by atoms with E-state index < -0.39 is 5.60 Å². The van der Waals surface area contributed by atoms with Crippen molar-refractivity contribution >= 4 is 5.97 Å². The molecule has 1 aliphatic heterocycles. The maximum Gasteiger partial charge on any atom is 0.336 e. The van der Waals surface area contributed by atoms with Gasteiger partial charge in [-0.2, -0.15) is 0 Å². The fourth-order valence-electron chi connectivity index (χ4n) is 0.873. The van der Waals surface area contributed by atoms with Crippen LogP contribution in [0.5, 0.6) is 0 Å². The van der Waals surface area contributed by atoms with Gasteiger partial charge in [-0.15, -0.1) is 0 Å². The quantitative estimate of drug-likeness (QED) is 0.556. The van der Waals surface area contributed by atoms with Gasteiger partial charge in [0.15, 0.2) is 0 Å². The van der Waals surface area contributed by atoms with E-state index >= 15 is 0 Å². The molecule has 12 heavy (non-hydrogen) atoms. The van der Waals surface area contributed by atoms with Crippen LogP contribution in [0.1, 0.15) is 20.8 Å². The summed E-state index contributed by atoms with van der Waals surface area (Å²) in [6.07, 6.45) is 1.76. The number of carbonyl (C=O) groups excluding carboxylic acids is 1. The molecule has 0 saturated heterocycles. The van der Waals surface area contributed by atoms with Crippen molar-refractivity contribution in [3.8, 4) is 0 Å². The van der Waals surface area contributed by atoms with Gasteiger partial charge < -0.3 is 9.47 Å². The Bertz CT molecular complexity index is 210. The zero-order valence-electron chi connectivity index (χ0n) is 7.72. The molecule has 3 nitrogen and oxygen atoms in total. The van der Waals surface area contributed by atoms with Gasteiger partial charge in [-0.05, 0) is 26.8 Å². The van der Waals surface area contributed by atoms with E-state index in [-0.39, 0.29) is 5.97 Å². The molecule has 0 fully saturated rings. The largest absolute Gasteiger partial charge is 0.457 e. The van der Waals surface area contributed by atoms with Gasteiger partial charge in [0, 0.05) is 0 Å². The molecule has 0 N–H and O–H groups in total. The lowest BCUT2D eigenvalue weighted by molar-refractivity contribution is -0.150. The highest BCUT2D eigenvalue weighted by Gasteiger charge is 2.21. The number of ether oxygens (including phenoxy) is 2. The molecular weight excluding hydrogens is 156 g/mol. The van der Waals surface area contributed by atoms with Gasteiger partial charge in [-0.1, -0.05) is 0 Å². The third kappa shape index (κ3) is 2.66. The second kappa shape index (κ2) is 3.27. The number of hydrogen-bond acceptors (Lipinski definition) is 3. The standard InChI is InChI=1S/C9H14O3/c1-9(2,3)12-8(10)7-4-5-11-6-7/h4H,5-6H2,1-3H3. The number of rotatable bonds is 1. The summed E-state index contributed by atoms with van der Waals surface area (Å²) < 4.78 is 10.1. The third-order valence-corrected chi connectivity index (χ3v) is 1.37. The van der Waals surface area contributed by atoms with Gasteiger partial charge in [0.05, 0.1) is 18.8 Å². The summed E-state index contributed by atoms with van der Waals surface area (Å²) in [6.45, 7) is 6.45. The fourth-order valence-corrected chi connectivity index (χ4v) is 0.873. The average Bonchev–Trinajstić information content (AvgIpc) is 2.32. The lowest BCUT2D eigenvalue weighted by Gasteiger charge is -2.19. The Morgan fingerprint density at radius 1 is 1.58 bits per heavy atom. The van der Waals surface area contributed by atoms with Gasteiger partial charge in [0.25, 0.3) is 0 Å². The van der Waals surface area contributed by atoms with E-state index in [9.17, 15) is 4.79 Å². The van der Waals surface area contributed by atoms with E-state index in [2.05, 4.69) is 0 Å². The van der Waals surface area contributed by atoms with Crippen LogP contribution in [0, 0.1) is 0 Å². The molecule has 0 radical (unpaired) electrons. The van der Waals surface area contributed by atoms with Crippen LogP contribution >= 0.6 is 0 Å². The van der Waals surface area contributed by atoms with Crippen molar-refractivity contribution in [2.45, 2.75) is 26.4 Å². The van der Waals surface area contributed by atoms with Gasteiger partial charge in [0.2, 0.25) is 0 Å². The Kier molecular flexibility index (Phi) is 2.52. The maximum atomic E-state index is 11.3. The zero-order valence-corrected chi connectivity index (χ0v) is 7.72. The van der Waals surface area contributed by atoms with Crippen molar-refractivity contribution in [2.24, 2.45) is 0 Å². The molecule has 1 heterocycles. The molecule has 0 bridgehead atoms. The first-order valence-electron chi connectivity index (χ1n) is 3.99. The summed E-state index contributed by atoms with van der Waals surface area (Å²) in [4.78, 5) is 11.3. The summed E-state index contributed by atoms with van der Waals surface area (Å²) >= 11 is 0. The smallest absolute Gasteiger partial charge is 0.336 e. The Morgan fingerprint density at radius 2 is 2.25 bits per heavy atom. The highest BCUT2D eigenvalue weighted by molar-refractivity contribution is 5.89. The minimum Gasteiger partial charge on any atom is -0.457 e. The number of hydrogen-bond donors (Lipinski definition) is 0. The SMILES string of the molecule is CC(C)(C)OC(=O)C1=CCOC1. The second-order valence-electron chi connectivity index (χ2n) is 3.75. The van der Waals surface area contributed by atoms with Crippen molar-refractivity contribution in [1.29, 1.82) is 0 Å². The molecule has 0 amide bonds. The number of esters is 1. The van der Waals surface area contributed by atoms with Crippen molar-refractivity contribution in [3.05, 3.63) is 11.6 Å². The molecule has 68 valence electrons. The molecule has 3 heteroatoms. The molecule has 0 aliphatic carbocycles. The molecule has 0 unspecified atom stereocenters. The van der Waals surface area contributed by atoms with Crippen LogP contribution in [-0.4, -0.2) is 24.8 Å².